The smallest absolute Gasteiger partial charge is 0.164 e. The fourth-order valence-corrected chi connectivity index (χ4v) is 5.08. The summed E-state index contributed by atoms with van der Waals surface area (Å²) in [7, 11) is -2.81. The Hall–Kier alpha value is -1.89. The van der Waals surface area contributed by atoms with Gasteiger partial charge in [-0.25, -0.2) is 0 Å². The lowest BCUT2D eigenvalue weighted by atomic mass is 10.2. The van der Waals surface area contributed by atoms with Gasteiger partial charge in [-0.2, -0.15) is 0 Å². The standard InChI is InChI=1S/C20H16BrOP/c21-20-14-8-7-9-17(20)15-16-23(22,18-10-3-1-4-11-18)19-12-5-2-6-13-19/h1-16H/b16-15+. The Morgan fingerprint density at radius 1 is 0.696 bits per heavy atom. The molecule has 3 aromatic carbocycles. The number of halogens is 1. The molecule has 0 aliphatic carbocycles. The summed E-state index contributed by atoms with van der Waals surface area (Å²) in [6.07, 6.45) is 1.94. The van der Waals surface area contributed by atoms with Gasteiger partial charge in [0.05, 0.1) is 0 Å². The number of benzene rings is 3. The molecule has 3 aromatic rings. The van der Waals surface area contributed by atoms with Gasteiger partial charge >= 0.3 is 0 Å². The van der Waals surface area contributed by atoms with Crippen LogP contribution in [0.3, 0.4) is 0 Å². The van der Waals surface area contributed by atoms with Crippen LogP contribution in [0.2, 0.25) is 0 Å². The summed E-state index contributed by atoms with van der Waals surface area (Å²) in [6.45, 7) is 0. The molecule has 0 radical (unpaired) electrons. The Labute approximate surface area is 145 Å². The van der Waals surface area contributed by atoms with Crippen molar-refractivity contribution in [2.24, 2.45) is 0 Å². The minimum Gasteiger partial charge on any atom is -0.309 e. The van der Waals surface area contributed by atoms with Gasteiger partial charge < -0.3 is 4.57 Å². The summed E-state index contributed by atoms with van der Waals surface area (Å²) in [4.78, 5) is 0. The third-order valence-corrected chi connectivity index (χ3v) is 7.07. The fraction of sp³-hybridized carbons (Fsp3) is 0. The van der Waals surface area contributed by atoms with Gasteiger partial charge in [0.1, 0.15) is 0 Å². The first kappa shape index (κ1) is 16.0. The molecule has 0 saturated carbocycles. The van der Waals surface area contributed by atoms with E-state index in [1.54, 1.807) is 0 Å². The summed E-state index contributed by atoms with van der Waals surface area (Å²) in [5.74, 6) is 1.84. The van der Waals surface area contributed by atoms with E-state index in [1.807, 2.05) is 96.8 Å². The number of rotatable bonds is 4. The maximum absolute atomic E-state index is 13.8. The highest BCUT2D eigenvalue weighted by atomic mass is 79.9. The average Bonchev–Trinajstić information content (AvgIpc) is 2.62. The second-order valence-corrected chi connectivity index (χ2v) is 8.67. The van der Waals surface area contributed by atoms with Crippen LogP contribution in [0.25, 0.3) is 6.08 Å². The van der Waals surface area contributed by atoms with Crippen LogP contribution in [0.1, 0.15) is 5.56 Å². The van der Waals surface area contributed by atoms with E-state index < -0.39 is 7.14 Å². The van der Waals surface area contributed by atoms with Crippen LogP contribution < -0.4 is 10.6 Å². The summed E-state index contributed by atoms with van der Waals surface area (Å²) in [6, 6.07) is 27.2. The molecule has 0 heterocycles. The number of hydrogen-bond donors (Lipinski definition) is 0. The van der Waals surface area contributed by atoms with Gasteiger partial charge in [0.25, 0.3) is 0 Å². The van der Waals surface area contributed by atoms with Gasteiger partial charge in [0, 0.05) is 15.1 Å². The first-order valence-electron chi connectivity index (χ1n) is 7.35. The first-order valence-corrected chi connectivity index (χ1v) is 9.92. The highest BCUT2D eigenvalue weighted by molar-refractivity contribution is 9.10. The van der Waals surface area contributed by atoms with Crippen molar-refractivity contribution < 1.29 is 4.57 Å². The van der Waals surface area contributed by atoms with E-state index in [2.05, 4.69) is 15.9 Å². The molecule has 0 atom stereocenters. The topological polar surface area (TPSA) is 17.1 Å². The van der Waals surface area contributed by atoms with Crippen LogP contribution in [0.5, 0.6) is 0 Å². The summed E-state index contributed by atoms with van der Waals surface area (Å²) < 4.78 is 14.8. The van der Waals surface area contributed by atoms with Crippen LogP contribution in [0.15, 0.2) is 95.2 Å². The maximum atomic E-state index is 13.8. The SMILES string of the molecule is O=P(/C=C/c1ccccc1Br)(c1ccccc1)c1ccccc1. The van der Waals surface area contributed by atoms with Gasteiger partial charge in [-0.1, -0.05) is 94.8 Å². The highest BCUT2D eigenvalue weighted by Crippen LogP contribution is 2.45. The van der Waals surface area contributed by atoms with Crippen molar-refractivity contribution in [3.05, 3.63) is 101 Å². The molecule has 3 rings (SSSR count). The summed E-state index contributed by atoms with van der Waals surface area (Å²) in [5, 5.41) is 1.68. The van der Waals surface area contributed by atoms with Crippen molar-refractivity contribution in [3.63, 3.8) is 0 Å². The van der Waals surface area contributed by atoms with E-state index in [4.69, 9.17) is 0 Å². The molecule has 0 N–H and O–H groups in total. The molecular weight excluding hydrogens is 367 g/mol. The molecule has 114 valence electrons. The molecule has 0 bridgehead atoms. The lowest BCUT2D eigenvalue weighted by Gasteiger charge is -2.15. The van der Waals surface area contributed by atoms with Crippen LogP contribution in [0.4, 0.5) is 0 Å². The normalized spacial score (nSPS) is 11.7. The fourth-order valence-electron chi connectivity index (χ4n) is 2.42. The van der Waals surface area contributed by atoms with Crippen LogP contribution in [-0.4, -0.2) is 0 Å². The maximum Gasteiger partial charge on any atom is 0.164 e. The molecule has 0 aromatic heterocycles. The third-order valence-electron chi connectivity index (χ3n) is 3.65. The molecule has 0 spiro atoms. The van der Waals surface area contributed by atoms with Crippen LogP contribution in [-0.2, 0) is 4.57 Å². The zero-order valence-corrected chi connectivity index (χ0v) is 15.0. The molecule has 0 saturated heterocycles. The first-order chi connectivity index (χ1) is 11.2. The van der Waals surface area contributed by atoms with Crippen molar-refractivity contribution in [3.8, 4) is 0 Å². The van der Waals surface area contributed by atoms with Gasteiger partial charge in [-0.15, -0.1) is 0 Å². The lowest BCUT2D eigenvalue weighted by Crippen LogP contribution is -2.13. The minimum atomic E-state index is -2.81. The molecule has 1 nitrogen and oxygen atoms in total. The molecule has 23 heavy (non-hydrogen) atoms. The van der Waals surface area contributed by atoms with E-state index in [0.29, 0.717) is 0 Å². The second-order valence-electron chi connectivity index (χ2n) is 5.17. The summed E-state index contributed by atoms with van der Waals surface area (Å²) >= 11 is 3.54. The zero-order chi connectivity index (χ0) is 16.1. The van der Waals surface area contributed by atoms with E-state index in [1.165, 1.54) is 0 Å². The third kappa shape index (κ3) is 3.55. The monoisotopic (exact) mass is 382 g/mol. The van der Waals surface area contributed by atoms with Gasteiger partial charge in [0.15, 0.2) is 7.14 Å². The van der Waals surface area contributed by atoms with Crippen molar-refractivity contribution in [2.45, 2.75) is 0 Å². The molecule has 0 aliphatic rings. The Morgan fingerprint density at radius 2 is 1.17 bits per heavy atom. The van der Waals surface area contributed by atoms with Gasteiger partial charge in [0.2, 0.25) is 0 Å². The van der Waals surface area contributed by atoms with E-state index >= 15 is 0 Å². The summed E-state index contributed by atoms with van der Waals surface area (Å²) in [5.41, 5.74) is 1.01. The Balaban J connectivity index is 2.11. The molecule has 0 aliphatic heterocycles. The molecule has 3 heteroatoms. The van der Waals surface area contributed by atoms with E-state index in [9.17, 15) is 4.57 Å². The van der Waals surface area contributed by atoms with Gasteiger partial charge in [-0.05, 0) is 23.5 Å². The van der Waals surface area contributed by atoms with Crippen molar-refractivity contribution in [2.75, 3.05) is 0 Å². The molecule has 0 unspecified atom stereocenters. The minimum absolute atomic E-state index is 0.842. The Bertz CT molecular complexity index is 814. The van der Waals surface area contributed by atoms with Crippen molar-refractivity contribution in [1.29, 1.82) is 0 Å². The molecule has 0 amide bonds. The van der Waals surface area contributed by atoms with E-state index in [-0.39, 0.29) is 0 Å². The largest absolute Gasteiger partial charge is 0.309 e. The van der Waals surface area contributed by atoms with E-state index in [0.717, 1.165) is 20.6 Å². The zero-order valence-electron chi connectivity index (χ0n) is 12.5. The Kier molecular flexibility index (Phi) is 4.95. The Morgan fingerprint density at radius 3 is 1.70 bits per heavy atom. The average molecular weight is 383 g/mol. The highest BCUT2D eigenvalue weighted by Gasteiger charge is 2.23. The van der Waals surface area contributed by atoms with Crippen molar-refractivity contribution >= 4 is 39.8 Å². The van der Waals surface area contributed by atoms with Gasteiger partial charge in [-0.3, -0.25) is 0 Å². The predicted molar refractivity (Wildman–Crippen MR) is 103 cm³/mol. The number of hydrogen-bond acceptors (Lipinski definition) is 1. The molecule has 0 fully saturated rings. The van der Waals surface area contributed by atoms with Crippen molar-refractivity contribution in [1.82, 2.24) is 0 Å². The lowest BCUT2D eigenvalue weighted by molar-refractivity contribution is 0.592. The van der Waals surface area contributed by atoms with Crippen LogP contribution in [0, 0.1) is 0 Å². The van der Waals surface area contributed by atoms with Crippen LogP contribution >= 0.6 is 23.1 Å². The second kappa shape index (κ2) is 7.12. The molecular formula is C20H16BrOP. The quantitative estimate of drug-likeness (QED) is 0.549. The predicted octanol–water partition coefficient (Wildman–Crippen LogP) is 5.43.